The Balaban J connectivity index is 2.40. The average Bonchev–Trinajstić information content (AvgIpc) is 2.42. The predicted molar refractivity (Wildman–Crippen MR) is 49.1 cm³/mol. The molecule has 13 heavy (non-hydrogen) atoms. The van der Waals surface area contributed by atoms with E-state index in [4.69, 9.17) is 5.26 Å². The van der Waals surface area contributed by atoms with Gasteiger partial charge in [0, 0.05) is 19.2 Å². The van der Waals surface area contributed by atoms with Gasteiger partial charge in [-0.05, 0) is 25.3 Å². The molecule has 68 valence electrons. The Morgan fingerprint density at radius 1 is 1.62 bits per heavy atom. The summed E-state index contributed by atoms with van der Waals surface area (Å²) in [5, 5.41) is 13.2. The first kappa shape index (κ1) is 8.31. The molecule has 0 saturated carbocycles. The quantitative estimate of drug-likeness (QED) is 0.597. The van der Waals surface area contributed by atoms with Crippen LogP contribution in [0.3, 0.4) is 0 Å². The molecule has 1 aliphatic rings. The van der Waals surface area contributed by atoms with Crippen LogP contribution in [0.4, 0.5) is 0 Å². The smallest absolute Gasteiger partial charge is 0.0659 e. The zero-order valence-electron chi connectivity index (χ0n) is 8.04. The van der Waals surface area contributed by atoms with E-state index in [1.54, 1.807) is 0 Å². The van der Waals surface area contributed by atoms with Crippen molar-refractivity contribution >= 4 is 0 Å². The topological polar surface area (TPSA) is 41.6 Å². The molecule has 3 nitrogen and oxygen atoms in total. The Labute approximate surface area is 78.0 Å². The van der Waals surface area contributed by atoms with Gasteiger partial charge in [-0.1, -0.05) is 0 Å². The molecule has 1 aromatic heterocycles. The van der Waals surface area contributed by atoms with Gasteiger partial charge in [0.2, 0.25) is 0 Å². The van der Waals surface area contributed by atoms with Gasteiger partial charge in [0.25, 0.3) is 0 Å². The number of aryl methyl sites for hydroxylation is 2. The molecule has 1 heterocycles. The van der Waals surface area contributed by atoms with E-state index >= 15 is 0 Å². The Bertz CT molecular complexity index is 370. The van der Waals surface area contributed by atoms with Crippen LogP contribution in [-0.2, 0) is 19.9 Å². The Hall–Kier alpha value is -1.30. The molecule has 0 aromatic carbocycles. The van der Waals surface area contributed by atoms with Crippen molar-refractivity contribution in [1.29, 1.82) is 5.26 Å². The number of aromatic nitrogens is 2. The van der Waals surface area contributed by atoms with Crippen molar-refractivity contribution in [2.75, 3.05) is 0 Å². The summed E-state index contributed by atoms with van der Waals surface area (Å²) in [7, 11) is 1.96. The highest BCUT2D eigenvalue weighted by Gasteiger charge is 2.23. The molecular formula is C10H13N3. The maximum atomic E-state index is 8.83. The molecule has 2 rings (SSSR count). The van der Waals surface area contributed by atoms with Crippen LogP contribution in [0.2, 0.25) is 0 Å². The number of fused-ring (bicyclic) bond motifs is 1. The fourth-order valence-electron chi connectivity index (χ4n) is 2.09. The minimum absolute atomic E-state index is 0.197. The second-order valence-corrected chi connectivity index (χ2v) is 3.70. The van der Waals surface area contributed by atoms with E-state index in [0.717, 1.165) is 25.0 Å². The lowest BCUT2D eigenvalue weighted by atomic mass is 9.88. The van der Waals surface area contributed by atoms with Crippen molar-refractivity contribution in [2.24, 2.45) is 13.0 Å². The Morgan fingerprint density at radius 3 is 3.08 bits per heavy atom. The third-order valence-corrected chi connectivity index (χ3v) is 2.84. The third-order valence-electron chi connectivity index (χ3n) is 2.84. The van der Waals surface area contributed by atoms with Gasteiger partial charge in [-0.25, -0.2) is 0 Å². The van der Waals surface area contributed by atoms with Crippen LogP contribution >= 0.6 is 0 Å². The molecule has 1 aromatic rings. The van der Waals surface area contributed by atoms with Crippen LogP contribution in [0.1, 0.15) is 23.4 Å². The average molecular weight is 175 g/mol. The molecule has 0 spiro atoms. The van der Waals surface area contributed by atoms with Crippen LogP contribution in [0.25, 0.3) is 0 Å². The lowest BCUT2D eigenvalue weighted by Gasteiger charge is -2.16. The summed E-state index contributed by atoms with van der Waals surface area (Å²) < 4.78 is 1.92. The van der Waals surface area contributed by atoms with Gasteiger partial charge in [0.05, 0.1) is 17.7 Å². The molecule has 1 unspecified atom stereocenters. The van der Waals surface area contributed by atoms with Gasteiger partial charge in [-0.2, -0.15) is 10.4 Å². The van der Waals surface area contributed by atoms with Gasteiger partial charge >= 0.3 is 0 Å². The summed E-state index contributed by atoms with van der Waals surface area (Å²) in [6, 6.07) is 2.34. The zero-order valence-corrected chi connectivity index (χ0v) is 8.04. The maximum Gasteiger partial charge on any atom is 0.0659 e. The van der Waals surface area contributed by atoms with E-state index in [2.05, 4.69) is 11.2 Å². The summed E-state index contributed by atoms with van der Waals surface area (Å²) in [6.45, 7) is 2.05. The molecule has 1 atom stereocenters. The lowest BCUT2D eigenvalue weighted by molar-refractivity contribution is 0.535. The standard InChI is InChI=1S/C10H13N3/c1-7-9-4-3-8(6-11)5-10(9)13(2)12-7/h8H,3-5H2,1-2H3. The highest BCUT2D eigenvalue weighted by molar-refractivity contribution is 5.29. The molecule has 0 bridgehead atoms. The Kier molecular flexibility index (Phi) is 1.84. The van der Waals surface area contributed by atoms with Gasteiger partial charge < -0.3 is 0 Å². The molecule has 0 aliphatic heterocycles. The van der Waals surface area contributed by atoms with Crippen molar-refractivity contribution in [2.45, 2.75) is 26.2 Å². The molecule has 0 saturated heterocycles. The third kappa shape index (κ3) is 1.23. The van der Waals surface area contributed by atoms with Crippen LogP contribution < -0.4 is 0 Å². The number of hydrogen-bond donors (Lipinski definition) is 0. The first-order valence-corrected chi connectivity index (χ1v) is 4.63. The summed E-state index contributed by atoms with van der Waals surface area (Å²) in [4.78, 5) is 0. The number of nitrogens with zero attached hydrogens (tertiary/aromatic N) is 3. The van der Waals surface area contributed by atoms with Crippen LogP contribution in [-0.4, -0.2) is 9.78 Å². The summed E-state index contributed by atoms with van der Waals surface area (Å²) in [5.74, 6) is 0.197. The van der Waals surface area contributed by atoms with E-state index in [9.17, 15) is 0 Å². The first-order chi connectivity index (χ1) is 6.22. The number of hydrogen-bond acceptors (Lipinski definition) is 2. The lowest BCUT2D eigenvalue weighted by Crippen LogP contribution is -2.14. The molecule has 0 amide bonds. The largest absolute Gasteiger partial charge is 0.272 e. The van der Waals surface area contributed by atoms with Crippen LogP contribution in [0.15, 0.2) is 0 Å². The van der Waals surface area contributed by atoms with Crippen molar-refractivity contribution in [3.8, 4) is 6.07 Å². The normalized spacial score (nSPS) is 20.8. The fourth-order valence-corrected chi connectivity index (χ4v) is 2.09. The highest BCUT2D eigenvalue weighted by atomic mass is 15.3. The van der Waals surface area contributed by atoms with E-state index < -0.39 is 0 Å². The van der Waals surface area contributed by atoms with Crippen molar-refractivity contribution in [3.05, 3.63) is 17.0 Å². The van der Waals surface area contributed by atoms with Crippen LogP contribution in [0.5, 0.6) is 0 Å². The molecule has 0 fully saturated rings. The van der Waals surface area contributed by atoms with Crippen LogP contribution in [0, 0.1) is 24.2 Å². The molecule has 3 heteroatoms. The minimum Gasteiger partial charge on any atom is -0.272 e. The second-order valence-electron chi connectivity index (χ2n) is 3.70. The minimum atomic E-state index is 0.197. The van der Waals surface area contributed by atoms with Crippen molar-refractivity contribution < 1.29 is 0 Å². The van der Waals surface area contributed by atoms with E-state index in [-0.39, 0.29) is 5.92 Å². The van der Waals surface area contributed by atoms with Gasteiger partial charge in [-0.3, -0.25) is 4.68 Å². The fraction of sp³-hybridized carbons (Fsp3) is 0.600. The zero-order chi connectivity index (χ0) is 9.42. The highest BCUT2D eigenvalue weighted by Crippen LogP contribution is 2.26. The monoisotopic (exact) mass is 175 g/mol. The predicted octanol–water partition coefficient (Wildman–Crippen LogP) is 1.36. The van der Waals surface area contributed by atoms with Gasteiger partial charge in [-0.15, -0.1) is 0 Å². The molecule has 0 radical (unpaired) electrons. The summed E-state index contributed by atoms with van der Waals surface area (Å²) in [5.41, 5.74) is 3.76. The molecule has 1 aliphatic carbocycles. The van der Waals surface area contributed by atoms with Crippen molar-refractivity contribution in [1.82, 2.24) is 9.78 Å². The van der Waals surface area contributed by atoms with E-state index in [1.807, 2.05) is 18.7 Å². The van der Waals surface area contributed by atoms with Gasteiger partial charge in [0.1, 0.15) is 0 Å². The SMILES string of the molecule is Cc1nn(C)c2c1CCC(C#N)C2. The Morgan fingerprint density at radius 2 is 2.38 bits per heavy atom. The maximum absolute atomic E-state index is 8.83. The second kappa shape index (κ2) is 2.88. The molecular weight excluding hydrogens is 162 g/mol. The van der Waals surface area contributed by atoms with E-state index in [1.165, 1.54) is 11.3 Å². The summed E-state index contributed by atoms with van der Waals surface area (Å²) >= 11 is 0. The first-order valence-electron chi connectivity index (χ1n) is 4.63. The number of rotatable bonds is 0. The molecule has 0 N–H and O–H groups in total. The van der Waals surface area contributed by atoms with Crippen molar-refractivity contribution in [3.63, 3.8) is 0 Å². The van der Waals surface area contributed by atoms with E-state index in [0.29, 0.717) is 0 Å². The number of nitriles is 1. The summed E-state index contributed by atoms with van der Waals surface area (Å²) in [6.07, 6.45) is 2.90. The van der Waals surface area contributed by atoms with Gasteiger partial charge in [0.15, 0.2) is 0 Å².